The molecule has 0 spiro atoms. The number of hydrogen-bond acceptors (Lipinski definition) is 4. The molecule has 0 radical (unpaired) electrons. The van der Waals surface area contributed by atoms with Crippen molar-refractivity contribution < 1.29 is 13.9 Å². The Morgan fingerprint density at radius 1 is 1.59 bits per heavy atom. The molecule has 0 aliphatic carbocycles. The average molecular weight is 238 g/mol. The molecule has 1 fully saturated rings. The van der Waals surface area contributed by atoms with Gasteiger partial charge in [0.2, 0.25) is 0 Å². The lowest BCUT2D eigenvalue weighted by molar-refractivity contribution is 0.0891. The summed E-state index contributed by atoms with van der Waals surface area (Å²) >= 11 is 0. The van der Waals surface area contributed by atoms with Crippen LogP contribution in [0.4, 0.5) is 4.39 Å². The number of rotatable bonds is 4. The van der Waals surface area contributed by atoms with Crippen LogP contribution >= 0.6 is 0 Å². The Balaban J connectivity index is 2.14. The minimum Gasteiger partial charge on any atom is -0.379 e. The molecule has 2 rings (SSSR count). The molecule has 1 saturated heterocycles. The van der Waals surface area contributed by atoms with Crippen LogP contribution in [0.2, 0.25) is 0 Å². The first-order valence-electron chi connectivity index (χ1n) is 5.68. The van der Waals surface area contributed by atoms with Crippen molar-refractivity contribution in [3.8, 4) is 0 Å². The summed E-state index contributed by atoms with van der Waals surface area (Å²) in [5.41, 5.74) is 0.309. The van der Waals surface area contributed by atoms with Gasteiger partial charge in [0.1, 0.15) is 5.82 Å². The van der Waals surface area contributed by atoms with Gasteiger partial charge in [0, 0.05) is 17.8 Å². The third-order valence-electron chi connectivity index (χ3n) is 2.87. The Morgan fingerprint density at radius 3 is 3.12 bits per heavy atom. The number of halogens is 1. The lowest BCUT2D eigenvalue weighted by Gasteiger charge is -2.16. The van der Waals surface area contributed by atoms with Gasteiger partial charge in [0.15, 0.2) is 5.78 Å². The lowest BCUT2D eigenvalue weighted by Crippen LogP contribution is -2.39. The number of carbonyl (C=O) groups excluding carboxylic acids is 1. The van der Waals surface area contributed by atoms with E-state index in [-0.39, 0.29) is 17.7 Å². The van der Waals surface area contributed by atoms with Crippen LogP contribution in [-0.2, 0) is 4.74 Å². The number of ketones is 1. The maximum Gasteiger partial charge on any atom is 0.171 e. The SMILES string of the molecule is CCNC1COCC1C(=O)c1cncc(F)c1. The molecule has 4 nitrogen and oxygen atoms in total. The molecule has 2 unspecified atom stereocenters. The average Bonchev–Trinajstić information content (AvgIpc) is 2.77. The van der Waals surface area contributed by atoms with Gasteiger partial charge in [0.25, 0.3) is 0 Å². The summed E-state index contributed by atoms with van der Waals surface area (Å²) < 4.78 is 18.3. The predicted molar refractivity (Wildman–Crippen MR) is 60.3 cm³/mol. The largest absolute Gasteiger partial charge is 0.379 e. The Hall–Kier alpha value is -1.33. The highest BCUT2D eigenvalue weighted by Gasteiger charge is 2.34. The zero-order chi connectivity index (χ0) is 12.3. The zero-order valence-electron chi connectivity index (χ0n) is 9.65. The van der Waals surface area contributed by atoms with Gasteiger partial charge in [-0.25, -0.2) is 4.39 Å². The maximum atomic E-state index is 13.0. The van der Waals surface area contributed by atoms with Crippen molar-refractivity contribution in [1.29, 1.82) is 0 Å². The van der Waals surface area contributed by atoms with Gasteiger partial charge in [-0.05, 0) is 12.6 Å². The highest BCUT2D eigenvalue weighted by molar-refractivity contribution is 5.98. The van der Waals surface area contributed by atoms with Gasteiger partial charge in [-0.15, -0.1) is 0 Å². The molecule has 5 heteroatoms. The Morgan fingerprint density at radius 2 is 2.41 bits per heavy atom. The maximum absolute atomic E-state index is 13.0. The second kappa shape index (κ2) is 5.33. The fourth-order valence-corrected chi connectivity index (χ4v) is 2.04. The number of Topliss-reactive ketones (excluding diaryl/α,β-unsaturated/α-hetero) is 1. The van der Waals surface area contributed by atoms with E-state index in [1.807, 2.05) is 6.92 Å². The van der Waals surface area contributed by atoms with Crippen LogP contribution in [0.3, 0.4) is 0 Å². The van der Waals surface area contributed by atoms with Crippen LogP contribution in [0.1, 0.15) is 17.3 Å². The molecule has 1 aliphatic rings. The highest BCUT2D eigenvalue weighted by atomic mass is 19.1. The van der Waals surface area contributed by atoms with Crippen molar-refractivity contribution >= 4 is 5.78 Å². The van der Waals surface area contributed by atoms with Crippen molar-refractivity contribution in [3.05, 3.63) is 29.8 Å². The molecular formula is C12H15FN2O2. The first-order valence-corrected chi connectivity index (χ1v) is 5.68. The van der Waals surface area contributed by atoms with Crippen LogP contribution in [0.15, 0.2) is 18.5 Å². The quantitative estimate of drug-likeness (QED) is 0.796. The fraction of sp³-hybridized carbons (Fsp3) is 0.500. The molecule has 2 heterocycles. The van der Waals surface area contributed by atoms with Crippen molar-refractivity contribution in [2.24, 2.45) is 5.92 Å². The number of carbonyl (C=O) groups is 1. The van der Waals surface area contributed by atoms with Gasteiger partial charge in [-0.2, -0.15) is 0 Å². The van der Waals surface area contributed by atoms with Crippen molar-refractivity contribution in [2.45, 2.75) is 13.0 Å². The molecule has 0 aromatic carbocycles. The van der Waals surface area contributed by atoms with Crippen LogP contribution in [-0.4, -0.2) is 36.6 Å². The summed E-state index contributed by atoms with van der Waals surface area (Å²) in [5.74, 6) is -0.853. The summed E-state index contributed by atoms with van der Waals surface area (Å²) in [7, 11) is 0. The smallest absolute Gasteiger partial charge is 0.171 e. The number of nitrogens with one attached hydrogen (secondary N) is 1. The Labute approximate surface area is 99.2 Å². The van der Waals surface area contributed by atoms with Crippen molar-refractivity contribution in [2.75, 3.05) is 19.8 Å². The molecule has 1 aliphatic heterocycles. The monoisotopic (exact) mass is 238 g/mol. The minimum absolute atomic E-state index is 0.00997. The Bertz CT molecular complexity index is 411. The normalized spacial score (nSPS) is 23.9. The minimum atomic E-state index is -0.491. The summed E-state index contributed by atoms with van der Waals surface area (Å²) in [5, 5.41) is 3.20. The molecule has 2 atom stereocenters. The molecular weight excluding hydrogens is 223 g/mol. The highest BCUT2D eigenvalue weighted by Crippen LogP contribution is 2.19. The van der Waals surface area contributed by atoms with Crippen LogP contribution in [0, 0.1) is 11.7 Å². The lowest BCUT2D eigenvalue weighted by atomic mass is 9.94. The summed E-state index contributed by atoms with van der Waals surface area (Å²) in [6, 6.07) is 1.23. The van der Waals surface area contributed by atoms with Gasteiger partial charge >= 0.3 is 0 Å². The van der Waals surface area contributed by atoms with E-state index >= 15 is 0 Å². The second-order valence-corrected chi connectivity index (χ2v) is 4.06. The van der Waals surface area contributed by atoms with E-state index in [0.717, 1.165) is 12.7 Å². The van der Waals surface area contributed by atoms with Gasteiger partial charge in [0.05, 0.1) is 25.3 Å². The molecule has 1 aromatic rings. The summed E-state index contributed by atoms with van der Waals surface area (Å²) in [6.45, 7) is 3.66. The first-order chi connectivity index (χ1) is 8.22. The van der Waals surface area contributed by atoms with E-state index in [1.54, 1.807) is 0 Å². The number of ether oxygens (including phenoxy) is 1. The summed E-state index contributed by atoms with van der Waals surface area (Å²) in [4.78, 5) is 15.8. The second-order valence-electron chi connectivity index (χ2n) is 4.06. The molecule has 17 heavy (non-hydrogen) atoms. The zero-order valence-corrected chi connectivity index (χ0v) is 9.65. The van der Waals surface area contributed by atoms with Crippen molar-refractivity contribution in [3.63, 3.8) is 0 Å². The van der Waals surface area contributed by atoms with Gasteiger partial charge in [-0.3, -0.25) is 9.78 Å². The van der Waals surface area contributed by atoms with Crippen LogP contribution < -0.4 is 5.32 Å². The standard InChI is InChI=1S/C12H15FN2O2/c1-2-15-11-7-17-6-10(11)12(16)8-3-9(13)5-14-4-8/h3-5,10-11,15H,2,6-7H2,1H3. The first kappa shape index (κ1) is 12.1. The number of nitrogens with zero attached hydrogens (tertiary/aromatic N) is 1. The molecule has 0 bridgehead atoms. The Kier molecular flexibility index (Phi) is 3.81. The van der Waals surface area contributed by atoms with Gasteiger partial charge in [-0.1, -0.05) is 6.92 Å². The van der Waals surface area contributed by atoms with E-state index in [9.17, 15) is 9.18 Å². The van der Waals surface area contributed by atoms with E-state index in [2.05, 4.69) is 10.3 Å². The predicted octanol–water partition coefficient (Wildman–Crippen LogP) is 1.03. The van der Waals surface area contributed by atoms with E-state index < -0.39 is 5.82 Å². The third-order valence-corrected chi connectivity index (χ3v) is 2.87. The third kappa shape index (κ3) is 2.68. The number of likely N-dealkylation sites (N-methyl/N-ethyl adjacent to an activating group) is 1. The van der Waals surface area contributed by atoms with E-state index in [0.29, 0.717) is 18.8 Å². The molecule has 0 saturated carbocycles. The van der Waals surface area contributed by atoms with E-state index in [1.165, 1.54) is 12.3 Å². The van der Waals surface area contributed by atoms with E-state index in [4.69, 9.17) is 4.74 Å². The molecule has 1 N–H and O–H groups in total. The number of aromatic nitrogens is 1. The summed E-state index contributed by atoms with van der Waals surface area (Å²) in [6.07, 6.45) is 2.48. The fourth-order valence-electron chi connectivity index (χ4n) is 2.04. The molecule has 0 amide bonds. The molecule has 92 valence electrons. The number of pyridine rings is 1. The van der Waals surface area contributed by atoms with Crippen molar-refractivity contribution in [1.82, 2.24) is 10.3 Å². The van der Waals surface area contributed by atoms with Gasteiger partial charge < -0.3 is 10.1 Å². The van der Waals surface area contributed by atoms with Crippen LogP contribution in [0.5, 0.6) is 0 Å². The number of hydrogen-bond donors (Lipinski definition) is 1. The topological polar surface area (TPSA) is 51.2 Å². The van der Waals surface area contributed by atoms with Crippen LogP contribution in [0.25, 0.3) is 0 Å². The molecule has 1 aromatic heterocycles.